The first-order valence-corrected chi connectivity index (χ1v) is 5.24. The van der Waals surface area contributed by atoms with Crippen LogP contribution >= 0.6 is 15.9 Å². The number of hydrogen-bond donors (Lipinski definition) is 1. The summed E-state index contributed by atoms with van der Waals surface area (Å²) in [5.41, 5.74) is 0.854. The Bertz CT molecular complexity index is 310. The van der Waals surface area contributed by atoms with Crippen LogP contribution in [0.15, 0.2) is 22.7 Å². The second-order valence-corrected chi connectivity index (χ2v) is 4.30. The van der Waals surface area contributed by atoms with Gasteiger partial charge >= 0.3 is 0 Å². The van der Waals surface area contributed by atoms with Crippen molar-refractivity contribution in [1.82, 2.24) is 0 Å². The molecule has 1 aliphatic carbocycles. The Hall–Kier alpha value is -0.570. The van der Waals surface area contributed by atoms with Gasteiger partial charge in [-0.25, -0.2) is 4.39 Å². The van der Waals surface area contributed by atoms with Crippen molar-refractivity contribution >= 4 is 21.6 Å². The molecule has 0 bridgehead atoms. The molecule has 1 fully saturated rings. The average molecular weight is 244 g/mol. The van der Waals surface area contributed by atoms with Gasteiger partial charge in [-0.1, -0.05) is 0 Å². The highest BCUT2D eigenvalue weighted by atomic mass is 79.9. The molecule has 0 heterocycles. The highest BCUT2D eigenvalue weighted by Gasteiger charge is 2.20. The van der Waals surface area contributed by atoms with Gasteiger partial charge in [-0.3, -0.25) is 0 Å². The number of nitrogens with one attached hydrogen (secondary N) is 1. The summed E-state index contributed by atoms with van der Waals surface area (Å²) in [7, 11) is 0. The van der Waals surface area contributed by atoms with Crippen molar-refractivity contribution in [2.45, 2.75) is 12.8 Å². The summed E-state index contributed by atoms with van der Waals surface area (Å²) in [5, 5.41) is 3.23. The average Bonchev–Trinajstić information content (AvgIpc) is 2.90. The first-order chi connectivity index (χ1) is 6.25. The van der Waals surface area contributed by atoms with E-state index in [-0.39, 0.29) is 5.82 Å². The van der Waals surface area contributed by atoms with E-state index in [1.54, 1.807) is 6.07 Å². The summed E-state index contributed by atoms with van der Waals surface area (Å²) >= 11 is 3.37. The van der Waals surface area contributed by atoms with Gasteiger partial charge in [0.2, 0.25) is 0 Å². The van der Waals surface area contributed by atoms with E-state index in [0.29, 0.717) is 0 Å². The molecule has 0 amide bonds. The molecule has 2 rings (SSSR count). The van der Waals surface area contributed by atoms with E-state index in [1.807, 2.05) is 0 Å². The number of halogens is 2. The molecule has 1 nitrogen and oxygen atoms in total. The zero-order chi connectivity index (χ0) is 9.26. The minimum absolute atomic E-state index is 0.193. The molecule has 1 aromatic rings. The van der Waals surface area contributed by atoms with Crippen molar-refractivity contribution < 1.29 is 4.39 Å². The number of hydrogen-bond acceptors (Lipinski definition) is 1. The van der Waals surface area contributed by atoms with Crippen molar-refractivity contribution in [3.05, 3.63) is 28.5 Å². The monoisotopic (exact) mass is 243 g/mol. The molecule has 1 N–H and O–H groups in total. The quantitative estimate of drug-likeness (QED) is 0.859. The summed E-state index contributed by atoms with van der Waals surface area (Å²) in [6, 6.07) is 4.70. The lowest BCUT2D eigenvalue weighted by Gasteiger charge is -2.07. The lowest BCUT2D eigenvalue weighted by atomic mass is 10.3. The van der Waals surface area contributed by atoms with Crippen LogP contribution in [0.5, 0.6) is 0 Å². The first kappa shape index (κ1) is 9.00. The molecule has 70 valence electrons. The van der Waals surface area contributed by atoms with Crippen LogP contribution in [0, 0.1) is 11.7 Å². The Morgan fingerprint density at radius 2 is 2.23 bits per heavy atom. The number of rotatable bonds is 3. The summed E-state index contributed by atoms with van der Waals surface area (Å²) in [6.45, 7) is 0.960. The van der Waals surface area contributed by atoms with Crippen LogP contribution in [0.25, 0.3) is 0 Å². The molecule has 1 saturated carbocycles. The van der Waals surface area contributed by atoms with Crippen LogP contribution in [0.4, 0.5) is 10.1 Å². The summed E-state index contributed by atoms with van der Waals surface area (Å²) in [4.78, 5) is 0. The van der Waals surface area contributed by atoms with E-state index < -0.39 is 0 Å². The molecule has 0 spiro atoms. The molecule has 0 unspecified atom stereocenters. The van der Waals surface area contributed by atoms with Gasteiger partial charge in [-0.15, -0.1) is 0 Å². The molecule has 1 aliphatic rings. The van der Waals surface area contributed by atoms with Crippen LogP contribution in [0.2, 0.25) is 0 Å². The SMILES string of the molecule is Fc1ccc(Br)c(NCC2CC2)c1. The van der Waals surface area contributed by atoms with Crippen molar-refractivity contribution in [3.8, 4) is 0 Å². The maximum atomic E-state index is 12.8. The Morgan fingerprint density at radius 3 is 2.92 bits per heavy atom. The topological polar surface area (TPSA) is 12.0 Å². The molecule has 0 aliphatic heterocycles. The second-order valence-electron chi connectivity index (χ2n) is 3.45. The maximum absolute atomic E-state index is 12.8. The third kappa shape index (κ3) is 2.44. The number of anilines is 1. The normalized spacial score (nSPS) is 15.8. The van der Waals surface area contributed by atoms with Crippen LogP contribution in [0.3, 0.4) is 0 Å². The highest BCUT2D eigenvalue weighted by molar-refractivity contribution is 9.10. The van der Waals surface area contributed by atoms with E-state index >= 15 is 0 Å². The van der Waals surface area contributed by atoms with Gasteiger partial charge in [0, 0.05) is 11.0 Å². The van der Waals surface area contributed by atoms with Crippen LogP contribution < -0.4 is 5.32 Å². The lowest BCUT2D eigenvalue weighted by Crippen LogP contribution is -2.03. The van der Waals surface area contributed by atoms with E-state index in [1.165, 1.54) is 25.0 Å². The number of benzene rings is 1. The molecule has 3 heteroatoms. The largest absolute Gasteiger partial charge is 0.384 e. The molecule has 13 heavy (non-hydrogen) atoms. The van der Waals surface area contributed by atoms with Gasteiger partial charge in [0.05, 0.1) is 5.69 Å². The maximum Gasteiger partial charge on any atom is 0.125 e. The van der Waals surface area contributed by atoms with Gasteiger partial charge in [0.25, 0.3) is 0 Å². The fourth-order valence-corrected chi connectivity index (χ4v) is 1.60. The summed E-state index contributed by atoms with van der Waals surface area (Å²) in [6.07, 6.45) is 2.61. The van der Waals surface area contributed by atoms with Gasteiger partial charge in [0.1, 0.15) is 5.82 Å². The van der Waals surface area contributed by atoms with Gasteiger partial charge in [-0.2, -0.15) is 0 Å². The minimum Gasteiger partial charge on any atom is -0.384 e. The Morgan fingerprint density at radius 1 is 1.46 bits per heavy atom. The van der Waals surface area contributed by atoms with Crippen molar-refractivity contribution in [3.63, 3.8) is 0 Å². The third-order valence-electron chi connectivity index (χ3n) is 2.21. The first-order valence-electron chi connectivity index (χ1n) is 4.44. The fraction of sp³-hybridized carbons (Fsp3) is 0.400. The molecule has 0 atom stereocenters. The summed E-state index contributed by atoms with van der Waals surface area (Å²) < 4.78 is 13.8. The van der Waals surface area contributed by atoms with Crippen LogP contribution in [-0.4, -0.2) is 6.54 Å². The Kier molecular flexibility index (Phi) is 2.54. The predicted molar refractivity (Wildman–Crippen MR) is 55.3 cm³/mol. The van der Waals surface area contributed by atoms with Gasteiger partial charge in [-0.05, 0) is 52.9 Å². The lowest BCUT2D eigenvalue weighted by molar-refractivity contribution is 0.628. The van der Waals surface area contributed by atoms with Crippen LogP contribution in [0.1, 0.15) is 12.8 Å². The molecule has 0 saturated heterocycles. The zero-order valence-electron chi connectivity index (χ0n) is 7.19. The van der Waals surface area contributed by atoms with Crippen molar-refractivity contribution in [2.24, 2.45) is 5.92 Å². The third-order valence-corrected chi connectivity index (χ3v) is 2.90. The van der Waals surface area contributed by atoms with E-state index in [2.05, 4.69) is 21.2 Å². The molecule has 0 radical (unpaired) electrons. The molecule has 0 aromatic heterocycles. The highest BCUT2D eigenvalue weighted by Crippen LogP contribution is 2.30. The van der Waals surface area contributed by atoms with Crippen LogP contribution in [-0.2, 0) is 0 Å². The minimum atomic E-state index is -0.193. The molecular formula is C10H11BrFN. The summed E-state index contributed by atoms with van der Waals surface area (Å²) in [5.74, 6) is 0.608. The predicted octanol–water partition coefficient (Wildman–Crippen LogP) is 3.41. The Balaban J connectivity index is 2.03. The zero-order valence-corrected chi connectivity index (χ0v) is 8.77. The van der Waals surface area contributed by atoms with Crippen molar-refractivity contribution in [2.75, 3.05) is 11.9 Å². The second kappa shape index (κ2) is 3.66. The molecule has 1 aromatic carbocycles. The van der Waals surface area contributed by atoms with E-state index in [0.717, 1.165) is 22.6 Å². The van der Waals surface area contributed by atoms with Gasteiger partial charge in [0.15, 0.2) is 0 Å². The van der Waals surface area contributed by atoms with E-state index in [4.69, 9.17) is 0 Å². The van der Waals surface area contributed by atoms with Crippen molar-refractivity contribution in [1.29, 1.82) is 0 Å². The standard InChI is InChI=1S/C10H11BrFN/c11-9-4-3-8(12)5-10(9)13-6-7-1-2-7/h3-5,7,13H,1-2,6H2. The smallest absolute Gasteiger partial charge is 0.125 e. The van der Waals surface area contributed by atoms with E-state index in [9.17, 15) is 4.39 Å². The van der Waals surface area contributed by atoms with Gasteiger partial charge < -0.3 is 5.32 Å². The Labute approximate surface area is 85.5 Å². The molecular weight excluding hydrogens is 233 g/mol. The fourth-order valence-electron chi connectivity index (χ4n) is 1.21.